The number of hydrogen-bond donors (Lipinski definition) is 0. The van der Waals surface area contributed by atoms with Gasteiger partial charge in [0, 0.05) is 0 Å². The second kappa shape index (κ2) is 4.58. The van der Waals surface area contributed by atoms with Gasteiger partial charge in [-0.3, -0.25) is 9.59 Å². The first kappa shape index (κ1) is 11.2. The summed E-state index contributed by atoms with van der Waals surface area (Å²) in [6.07, 6.45) is 5.55. The topological polar surface area (TPSA) is 43.4 Å². The van der Waals surface area contributed by atoms with Crippen LogP contribution >= 0.6 is 0 Å². The fraction of sp³-hybridized carbons (Fsp3) is 0.818. The number of unbranched alkanes of at least 4 members (excludes halogenated alkanes) is 3. The highest BCUT2D eigenvalue weighted by atomic mass is 16.6. The number of carbonyl (C=O) groups is 2. The molecule has 1 atom stereocenters. The molecule has 0 bridgehead atoms. The Balaban J connectivity index is 2.35. The van der Waals surface area contributed by atoms with Crippen molar-refractivity contribution in [2.45, 2.75) is 52.4 Å². The third-order valence-corrected chi connectivity index (χ3v) is 2.82. The Bertz CT molecular complexity index is 235. The summed E-state index contributed by atoms with van der Waals surface area (Å²) in [5.41, 5.74) is -0.537. The lowest BCUT2D eigenvalue weighted by molar-refractivity contribution is -0.155. The van der Waals surface area contributed by atoms with Crippen molar-refractivity contribution in [3.05, 3.63) is 0 Å². The van der Waals surface area contributed by atoms with Crippen LogP contribution in [0.25, 0.3) is 0 Å². The van der Waals surface area contributed by atoms with E-state index in [4.69, 9.17) is 0 Å². The Labute approximate surface area is 84.8 Å². The Kier molecular flexibility index (Phi) is 3.67. The summed E-state index contributed by atoms with van der Waals surface area (Å²) in [5, 5.41) is 0. The van der Waals surface area contributed by atoms with Crippen molar-refractivity contribution >= 4 is 11.9 Å². The van der Waals surface area contributed by atoms with Crippen LogP contribution in [0.15, 0.2) is 0 Å². The molecule has 1 fully saturated rings. The first-order chi connectivity index (χ1) is 6.58. The molecule has 1 unspecified atom stereocenters. The average molecular weight is 198 g/mol. The normalized spacial score (nSPS) is 26.7. The summed E-state index contributed by atoms with van der Waals surface area (Å²) >= 11 is 0. The van der Waals surface area contributed by atoms with Gasteiger partial charge in [-0.2, -0.15) is 0 Å². The molecule has 0 aromatic carbocycles. The third-order valence-electron chi connectivity index (χ3n) is 2.82. The highest BCUT2D eigenvalue weighted by Gasteiger charge is 2.44. The van der Waals surface area contributed by atoms with Crippen molar-refractivity contribution in [3.63, 3.8) is 0 Å². The summed E-state index contributed by atoms with van der Waals surface area (Å²) in [7, 11) is 0. The number of ether oxygens (including phenoxy) is 1. The fourth-order valence-corrected chi connectivity index (χ4v) is 1.79. The number of esters is 2. The van der Waals surface area contributed by atoms with E-state index in [1.807, 2.05) is 6.92 Å². The van der Waals surface area contributed by atoms with Crippen LogP contribution in [-0.2, 0) is 14.3 Å². The van der Waals surface area contributed by atoms with Crippen LogP contribution < -0.4 is 0 Å². The standard InChI is InChI=1S/C11H18O3/c1-3-4-5-6-7-11(2)8-9(12)14-10(11)13/h3-8H2,1-2H3. The van der Waals surface area contributed by atoms with E-state index in [1.54, 1.807) is 0 Å². The number of rotatable bonds is 5. The molecule has 3 heteroatoms. The number of carbonyl (C=O) groups excluding carboxylic acids is 2. The Morgan fingerprint density at radius 2 is 2.00 bits per heavy atom. The molecular formula is C11H18O3. The predicted octanol–water partition coefficient (Wildman–Crippen LogP) is 2.44. The molecule has 80 valence electrons. The Hall–Kier alpha value is -0.860. The zero-order valence-corrected chi connectivity index (χ0v) is 8.97. The molecule has 0 aromatic rings. The van der Waals surface area contributed by atoms with E-state index in [2.05, 4.69) is 11.7 Å². The molecule has 14 heavy (non-hydrogen) atoms. The highest BCUT2D eigenvalue weighted by Crippen LogP contribution is 2.35. The van der Waals surface area contributed by atoms with E-state index in [9.17, 15) is 9.59 Å². The van der Waals surface area contributed by atoms with Crippen LogP contribution in [0.2, 0.25) is 0 Å². The zero-order valence-electron chi connectivity index (χ0n) is 8.97. The maximum atomic E-state index is 11.3. The third kappa shape index (κ3) is 2.56. The van der Waals surface area contributed by atoms with Crippen molar-refractivity contribution in [1.82, 2.24) is 0 Å². The maximum Gasteiger partial charge on any atom is 0.320 e. The zero-order chi connectivity index (χ0) is 10.6. The minimum atomic E-state index is -0.537. The van der Waals surface area contributed by atoms with Crippen molar-refractivity contribution in [2.24, 2.45) is 5.41 Å². The van der Waals surface area contributed by atoms with Gasteiger partial charge >= 0.3 is 11.9 Å². The van der Waals surface area contributed by atoms with Gasteiger partial charge in [0.1, 0.15) is 0 Å². The van der Waals surface area contributed by atoms with Gasteiger partial charge in [0.15, 0.2) is 0 Å². The van der Waals surface area contributed by atoms with Gasteiger partial charge in [-0.1, -0.05) is 32.6 Å². The van der Waals surface area contributed by atoms with Crippen LogP contribution in [0, 0.1) is 5.41 Å². The van der Waals surface area contributed by atoms with Gasteiger partial charge < -0.3 is 4.74 Å². The van der Waals surface area contributed by atoms with Gasteiger partial charge in [-0.15, -0.1) is 0 Å². The molecule has 1 aliphatic rings. The van der Waals surface area contributed by atoms with E-state index in [0.717, 1.165) is 19.3 Å². The van der Waals surface area contributed by atoms with Gasteiger partial charge in [0.05, 0.1) is 11.8 Å². The van der Waals surface area contributed by atoms with E-state index in [1.165, 1.54) is 12.8 Å². The molecule has 0 aromatic heterocycles. The van der Waals surface area contributed by atoms with Gasteiger partial charge in [-0.25, -0.2) is 0 Å². The first-order valence-corrected chi connectivity index (χ1v) is 5.33. The summed E-state index contributed by atoms with van der Waals surface area (Å²) in [5.74, 6) is -0.702. The van der Waals surface area contributed by atoms with Crippen molar-refractivity contribution < 1.29 is 14.3 Å². The Morgan fingerprint density at radius 1 is 1.29 bits per heavy atom. The molecule has 3 nitrogen and oxygen atoms in total. The van der Waals surface area contributed by atoms with Gasteiger partial charge in [0.25, 0.3) is 0 Å². The van der Waals surface area contributed by atoms with Crippen LogP contribution in [0.1, 0.15) is 52.4 Å². The smallest absolute Gasteiger partial charge is 0.320 e. The lowest BCUT2D eigenvalue weighted by Crippen LogP contribution is -2.22. The number of cyclic esters (lactones) is 2. The minimum absolute atomic E-state index is 0.262. The lowest BCUT2D eigenvalue weighted by atomic mass is 9.83. The van der Waals surface area contributed by atoms with Crippen LogP contribution in [0.4, 0.5) is 0 Å². The van der Waals surface area contributed by atoms with Crippen LogP contribution in [0.3, 0.4) is 0 Å². The largest absolute Gasteiger partial charge is 0.393 e. The van der Waals surface area contributed by atoms with E-state index >= 15 is 0 Å². The van der Waals surface area contributed by atoms with Crippen LogP contribution in [-0.4, -0.2) is 11.9 Å². The molecule has 0 spiro atoms. The van der Waals surface area contributed by atoms with E-state index in [-0.39, 0.29) is 18.4 Å². The molecule has 1 saturated heterocycles. The highest BCUT2D eigenvalue weighted by molar-refractivity contribution is 5.97. The molecule has 1 aliphatic heterocycles. The van der Waals surface area contributed by atoms with Crippen molar-refractivity contribution in [1.29, 1.82) is 0 Å². The molecular weight excluding hydrogens is 180 g/mol. The number of hydrogen-bond acceptors (Lipinski definition) is 3. The predicted molar refractivity (Wildman–Crippen MR) is 52.6 cm³/mol. The first-order valence-electron chi connectivity index (χ1n) is 5.33. The van der Waals surface area contributed by atoms with Crippen molar-refractivity contribution in [3.8, 4) is 0 Å². The van der Waals surface area contributed by atoms with Gasteiger partial charge in [0.2, 0.25) is 0 Å². The van der Waals surface area contributed by atoms with Crippen LogP contribution in [0.5, 0.6) is 0 Å². The Morgan fingerprint density at radius 3 is 2.50 bits per heavy atom. The summed E-state index contributed by atoms with van der Waals surface area (Å²) in [4.78, 5) is 22.2. The molecule has 1 rings (SSSR count). The van der Waals surface area contributed by atoms with E-state index < -0.39 is 5.41 Å². The molecule has 0 N–H and O–H groups in total. The fourth-order valence-electron chi connectivity index (χ4n) is 1.79. The summed E-state index contributed by atoms with van der Waals surface area (Å²) in [6.45, 7) is 3.97. The summed E-state index contributed by atoms with van der Waals surface area (Å²) < 4.78 is 4.56. The molecule has 0 aliphatic carbocycles. The summed E-state index contributed by atoms with van der Waals surface area (Å²) in [6, 6.07) is 0. The lowest BCUT2D eigenvalue weighted by Gasteiger charge is -2.16. The molecule has 1 heterocycles. The van der Waals surface area contributed by atoms with Gasteiger partial charge in [-0.05, 0) is 13.3 Å². The van der Waals surface area contributed by atoms with E-state index in [0.29, 0.717) is 0 Å². The maximum absolute atomic E-state index is 11.3. The quantitative estimate of drug-likeness (QED) is 0.387. The monoisotopic (exact) mass is 198 g/mol. The second-order valence-electron chi connectivity index (χ2n) is 4.31. The van der Waals surface area contributed by atoms with Crippen molar-refractivity contribution in [2.75, 3.05) is 0 Å². The molecule has 0 saturated carbocycles. The molecule has 0 radical (unpaired) electrons. The minimum Gasteiger partial charge on any atom is -0.393 e. The average Bonchev–Trinajstić information content (AvgIpc) is 2.36. The molecule has 0 amide bonds. The SMILES string of the molecule is CCCCCCC1(C)CC(=O)OC1=O. The second-order valence-corrected chi connectivity index (χ2v) is 4.31.